The highest BCUT2D eigenvalue weighted by Gasteiger charge is 2.52. The van der Waals surface area contributed by atoms with Crippen LogP contribution in [0.2, 0.25) is 0 Å². The Hall–Kier alpha value is -1.59. The van der Waals surface area contributed by atoms with E-state index in [2.05, 4.69) is 5.32 Å². The molecule has 0 bridgehead atoms. The van der Waals surface area contributed by atoms with Gasteiger partial charge in [-0.25, -0.2) is 0 Å². The molecule has 3 rings (SSSR count). The quantitative estimate of drug-likeness (QED) is 0.694. The smallest absolute Gasteiger partial charge is 0.248 e. The Morgan fingerprint density at radius 3 is 2.63 bits per heavy atom. The second-order valence-electron chi connectivity index (χ2n) is 5.62. The predicted molar refractivity (Wildman–Crippen MR) is 67.1 cm³/mol. The molecule has 6 nitrogen and oxygen atoms in total. The van der Waals surface area contributed by atoms with Crippen molar-refractivity contribution in [2.24, 2.45) is 0 Å². The molecule has 0 unspecified atom stereocenters. The summed E-state index contributed by atoms with van der Waals surface area (Å²) in [5.41, 5.74) is 0. The molecule has 0 saturated carbocycles. The van der Waals surface area contributed by atoms with Crippen LogP contribution in [-0.4, -0.2) is 58.7 Å². The minimum absolute atomic E-state index is 0.0144. The van der Waals surface area contributed by atoms with Gasteiger partial charge in [-0.2, -0.15) is 0 Å². The average molecular weight is 265 g/mol. The lowest BCUT2D eigenvalue weighted by Gasteiger charge is -2.45. The van der Waals surface area contributed by atoms with Gasteiger partial charge in [0.2, 0.25) is 17.7 Å². The van der Waals surface area contributed by atoms with E-state index in [1.807, 2.05) is 0 Å². The Balaban J connectivity index is 1.86. The molecule has 6 heteroatoms. The zero-order valence-corrected chi connectivity index (χ0v) is 11.1. The van der Waals surface area contributed by atoms with Crippen LogP contribution in [0.3, 0.4) is 0 Å². The highest BCUT2D eigenvalue weighted by molar-refractivity contribution is 5.98. The Bertz CT molecular complexity index is 437. The third-order valence-corrected chi connectivity index (χ3v) is 4.39. The van der Waals surface area contributed by atoms with Gasteiger partial charge in [0.25, 0.3) is 0 Å². The minimum Gasteiger partial charge on any atom is -0.351 e. The number of fused-ring (bicyclic) bond motifs is 2. The van der Waals surface area contributed by atoms with Crippen molar-refractivity contribution in [1.29, 1.82) is 0 Å². The molecule has 3 fully saturated rings. The van der Waals surface area contributed by atoms with Crippen molar-refractivity contribution in [2.75, 3.05) is 13.1 Å². The van der Waals surface area contributed by atoms with Gasteiger partial charge in [0.1, 0.15) is 12.1 Å². The number of piperidine rings is 1. The fourth-order valence-electron chi connectivity index (χ4n) is 3.57. The van der Waals surface area contributed by atoms with Gasteiger partial charge >= 0.3 is 0 Å². The molecule has 0 aromatic rings. The SMILES string of the molecule is CC(=O)N[C@H]1CCN2C(=O)[C@H]3CCCCN3C(=O)[C@H]12. The number of hydrogen-bond acceptors (Lipinski definition) is 3. The van der Waals surface area contributed by atoms with Crippen LogP contribution in [0.4, 0.5) is 0 Å². The molecule has 104 valence electrons. The fourth-order valence-corrected chi connectivity index (χ4v) is 3.57. The zero-order chi connectivity index (χ0) is 13.6. The standard InChI is InChI=1S/C13H19N3O3/c1-8(17)14-9-5-7-16-11(9)13(19)15-6-3-2-4-10(15)12(16)18/h9-11H,2-7H2,1H3,(H,14,17)/t9-,10+,11-/m0/s1. The number of carbonyl (C=O) groups excluding carboxylic acids is 3. The number of nitrogens with zero attached hydrogens (tertiary/aromatic N) is 2. The van der Waals surface area contributed by atoms with Gasteiger partial charge in [-0.15, -0.1) is 0 Å². The van der Waals surface area contributed by atoms with Gasteiger partial charge in [0.05, 0.1) is 6.04 Å². The summed E-state index contributed by atoms with van der Waals surface area (Å²) in [5, 5.41) is 2.81. The summed E-state index contributed by atoms with van der Waals surface area (Å²) in [5.74, 6) is -0.0643. The lowest BCUT2D eigenvalue weighted by molar-refractivity contribution is -0.162. The topological polar surface area (TPSA) is 69.7 Å². The monoisotopic (exact) mass is 265 g/mol. The van der Waals surface area contributed by atoms with E-state index in [0.29, 0.717) is 19.5 Å². The highest BCUT2D eigenvalue weighted by Crippen LogP contribution is 2.31. The molecular formula is C13H19N3O3. The minimum atomic E-state index is -0.481. The van der Waals surface area contributed by atoms with Crippen molar-refractivity contribution >= 4 is 17.7 Å². The molecule has 3 heterocycles. The van der Waals surface area contributed by atoms with E-state index in [4.69, 9.17) is 0 Å². The van der Waals surface area contributed by atoms with Crippen LogP contribution >= 0.6 is 0 Å². The summed E-state index contributed by atoms with van der Waals surface area (Å²) in [6, 6.07) is -0.962. The first-order valence-electron chi connectivity index (χ1n) is 6.97. The van der Waals surface area contributed by atoms with E-state index in [1.54, 1.807) is 9.80 Å². The van der Waals surface area contributed by atoms with Crippen LogP contribution < -0.4 is 5.32 Å². The predicted octanol–water partition coefficient (Wildman–Crippen LogP) is -0.513. The molecule has 1 N–H and O–H groups in total. The third-order valence-electron chi connectivity index (χ3n) is 4.39. The van der Waals surface area contributed by atoms with Gasteiger partial charge in [0.15, 0.2) is 0 Å². The first-order valence-corrected chi connectivity index (χ1v) is 6.97. The van der Waals surface area contributed by atoms with Crippen LogP contribution in [0.1, 0.15) is 32.6 Å². The lowest BCUT2D eigenvalue weighted by Crippen LogP contribution is -2.67. The fraction of sp³-hybridized carbons (Fsp3) is 0.769. The molecule has 0 radical (unpaired) electrons. The van der Waals surface area contributed by atoms with E-state index in [1.165, 1.54) is 6.92 Å². The maximum absolute atomic E-state index is 12.6. The maximum Gasteiger partial charge on any atom is 0.248 e. The van der Waals surface area contributed by atoms with Crippen molar-refractivity contribution in [1.82, 2.24) is 15.1 Å². The Labute approximate surface area is 112 Å². The number of piperazine rings is 1. The Morgan fingerprint density at radius 1 is 1.11 bits per heavy atom. The van der Waals surface area contributed by atoms with Crippen LogP contribution in [0.5, 0.6) is 0 Å². The molecule has 0 aromatic heterocycles. The number of rotatable bonds is 1. The molecule has 19 heavy (non-hydrogen) atoms. The van der Waals surface area contributed by atoms with E-state index >= 15 is 0 Å². The summed E-state index contributed by atoms with van der Waals surface area (Å²) in [4.78, 5) is 39.6. The van der Waals surface area contributed by atoms with E-state index < -0.39 is 6.04 Å². The molecule has 3 amide bonds. The third kappa shape index (κ3) is 1.89. The lowest BCUT2D eigenvalue weighted by atomic mass is 9.94. The van der Waals surface area contributed by atoms with Crippen molar-refractivity contribution < 1.29 is 14.4 Å². The van der Waals surface area contributed by atoms with Crippen LogP contribution in [-0.2, 0) is 14.4 Å². The van der Waals surface area contributed by atoms with Crippen molar-refractivity contribution in [2.45, 2.75) is 50.7 Å². The molecule has 0 spiro atoms. The maximum atomic E-state index is 12.6. The molecule has 3 aliphatic heterocycles. The molecule has 0 aromatic carbocycles. The highest BCUT2D eigenvalue weighted by atomic mass is 16.2. The largest absolute Gasteiger partial charge is 0.351 e. The second kappa shape index (κ2) is 4.51. The van der Waals surface area contributed by atoms with Crippen molar-refractivity contribution in [3.05, 3.63) is 0 Å². The average Bonchev–Trinajstić information content (AvgIpc) is 2.79. The van der Waals surface area contributed by atoms with Gasteiger partial charge in [-0.3, -0.25) is 14.4 Å². The Kier molecular flexibility index (Phi) is 2.95. The number of hydrogen-bond donors (Lipinski definition) is 1. The van der Waals surface area contributed by atoms with Crippen LogP contribution in [0, 0.1) is 0 Å². The summed E-state index contributed by atoms with van der Waals surface area (Å²) in [7, 11) is 0. The first kappa shape index (κ1) is 12.4. The van der Waals surface area contributed by atoms with Crippen molar-refractivity contribution in [3.8, 4) is 0 Å². The Morgan fingerprint density at radius 2 is 1.89 bits per heavy atom. The summed E-state index contributed by atoms with van der Waals surface area (Å²) in [6.07, 6.45) is 3.42. The zero-order valence-electron chi connectivity index (χ0n) is 11.1. The summed E-state index contributed by atoms with van der Waals surface area (Å²) >= 11 is 0. The summed E-state index contributed by atoms with van der Waals surface area (Å²) in [6.45, 7) is 2.69. The van der Waals surface area contributed by atoms with Gasteiger partial charge in [-0.05, 0) is 25.7 Å². The van der Waals surface area contributed by atoms with Crippen LogP contribution in [0.15, 0.2) is 0 Å². The van der Waals surface area contributed by atoms with Gasteiger partial charge < -0.3 is 15.1 Å². The van der Waals surface area contributed by atoms with Gasteiger partial charge in [0, 0.05) is 20.0 Å². The summed E-state index contributed by atoms with van der Waals surface area (Å²) < 4.78 is 0. The molecular weight excluding hydrogens is 246 g/mol. The molecule has 3 atom stereocenters. The number of amides is 3. The van der Waals surface area contributed by atoms with E-state index in [0.717, 1.165) is 19.3 Å². The van der Waals surface area contributed by atoms with E-state index in [9.17, 15) is 14.4 Å². The molecule has 0 aliphatic carbocycles. The number of nitrogens with one attached hydrogen (secondary N) is 1. The first-order chi connectivity index (χ1) is 9.09. The molecule has 3 saturated heterocycles. The van der Waals surface area contributed by atoms with Gasteiger partial charge in [-0.1, -0.05) is 0 Å². The second-order valence-corrected chi connectivity index (χ2v) is 5.62. The molecule has 3 aliphatic rings. The normalized spacial score (nSPS) is 34.1. The van der Waals surface area contributed by atoms with Crippen molar-refractivity contribution in [3.63, 3.8) is 0 Å². The van der Waals surface area contributed by atoms with Crippen LogP contribution in [0.25, 0.3) is 0 Å². The van der Waals surface area contributed by atoms with E-state index in [-0.39, 0.29) is 29.8 Å². The number of carbonyl (C=O) groups is 3.